The van der Waals surface area contributed by atoms with E-state index in [0.29, 0.717) is 17.0 Å². The summed E-state index contributed by atoms with van der Waals surface area (Å²) in [5.41, 5.74) is 2.42. The van der Waals surface area contributed by atoms with Crippen LogP contribution in [0.2, 0.25) is 0 Å². The Kier molecular flexibility index (Phi) is 8.27. The number of thioether (sulfide) groups is 1. The lowest BCUT2D eigenvalue weighted by Gasteiger charge is -2.26. The first kappa shape index (κ1) is 25.2. The standard InChI is InChI=1S/C24H26FN3O5S/c1-14-10-18(24(32)33-20(11-26-15(2)29)12-27-16(3)30)6-9-21(14)28-22(31)13-34-23(28)17-4-7-19(25)8-5-17/h4-10,20,23H,11-13H2,1-3H3,(H,26,29)(H,27,30). The summed E-state index contributed by atoms with van der Waals surface area (Å²) in [7, 11) is 0. The van der Waals surface area contributed by atoms with Crippen LogP contribution in [0.15, 0.2) is 42.5 Å². The number of esters is 1. The third-order valence-electron chi connectivity index (χ3n) is 5.15. The highest BCUT2D eigenvalue weighted by Gasteiger charge is 2.35. The van der Waals surface area contributed by atoms with Crippen molar-refractivity contribution >= 4 is 41.1 Å². The molecule has 1 atom stereocenters. The van der Waals surface area contributed by atoms with Gasteiger partial charge in [0.05, 0.1) is 24.4 Å². The lowest BCUT2D eigenvalue weighted by molar-refractivity contribution is -0.119. The topological polar surface area (TPSA) is 105 Å². The number of carbonyl (C=O) groups excluding carboxylic acids is 4. The van der Waals surface area contributed by atoms with Crippen LogP contribution in [0.5, 0.6) is 0 Å². The normalized spacial score (nSPS) is 15.4. The smallest absolute Gasteiger partial charge is 0.338 e. The average molecular weight is 488 g/mol. The van der Waals surface area contributed by atoms with E-state index in [1.54, 1.807) is 42.2 Å². The third kappa shape index (κ3) is 6.34. The molecule has 2 N–H and O–H groups in total. The van der Waals surface area contributed by atoms with Crippen LogP contribution in [-0.4, -0.2) is 48.6 Å². The van der Waals surface area contributed by atoms with Crippen LogP contribution >= 0.6 is 11.8 Å². The maximum Gasteiger partial charge on any atom is 0.338 e. The van der Waals surface area contributed by atoms with Crippen molar-refractivity contribution in [1.29, 1.82) is 0 Å². The monoisotopic (exact) mass is 487 g/mol. The van der Waals surface area contributed by atoms with Crippen molar-refractivity contribution in [2.24, 2.45) is 0 Å². The van der Waals surface area contributed by atoms with Crippen LogP contribution in [0.25, 0.3) is 0 Å². The summed E-state index contributed by atoms with van der Waals surface area (Å²) in [5.74, 6) is -1.32. The molecule has 0 bridgehead atoms. The first-order valence-electron chi connectivity index (χ1n) is 10.7. The van der Waals surface area contributed by atoms with E-state index >= 15 is 0 Å². The molecule has 2 aromatic rings. The minimum atomic E-state index is -0.750. The number of nitrogens with zero attached hydrogens (tertiary/aromatic N) is 1. The van der Waals surface area contributed by atoms with Gasteiger partial charge >= 0.3 is 5.97 Å². The van der Waals surface area contributed by atoms with Crippen molar-refractivity contribution in [3.63, 3.8) is 0 Å². The molecule has 180 valence electrons. The van der Waals surface area contributed by atoms with Gasteiger partial charge in [-0.3, -0.25) is 19.3 Å². The second-order valence-electron chi connectivity index (χ2n) is 7.88. The van der Waals surface area contributed by atoms with Crippen molar-refractivity contribution < 1.29 is 28.3 Å². The van der Waals surface area contributed by atoms with Crippen molar-refractivity contribution in [2.75, 3.05) is 23.7 Å². The number of carbonyl (C=O) groups is 4. The lowest BCUT2D eigenvalue weighted by Crippen LogP contribution is -2.41. The number of nitrogens with one attached hydrogen (secondary N) is 2. The zero-order chi connectivity index (χ0) is 24.8. The van der Waals surface area contributed by atoms with Gasteiger partial charge in [0.2, 0.25) is 17.7 Å². The highest BCUT2D eigenvalue weighted by molar-refractivity contribution is 8.00. The van der Waals surface area contributed by atoms with Crippen LogP contribution < -0.4 is 15.5 Å². The Morgan fingerprint density at radius 3 is 2.26 bits per heavy atom. The zero-order valence-corrected chi connectivity index (χ0v) is 19.9. The predicted octanol–water partition coefficient (Wildman–Crippen LogP) is 2.71. The molecule has 0 aliphatic carbocycles. The van der Waals surface area contributed by atoms with Gasteiger partial charge in [0.1, 0.15) is 17.3 Å². The first-order valence-corrected chi connectivity index (χ1v) is 11.7. The molecule has 34 heavy (non-hydrogen) atoms. The van der Waals surface area contributed by atoms with Crippen LogP contribution in [0.4, 0.5) is 10.1 Å². The number of hydrogen-bond acceptors (Lipinski definition) is 6. The van der Waals surface area contributed by atoms with Crippen molar-refractivity contribution in [1.82, 2.24) is 10.6 Å². The van der Waals surface area contributed by atoms with E-state index in [1.807, 2.05) is 0 Å². The molecule has 1 aliphatic heterocycles. The summed E-state index contributed by atoms with van der Waals surface area (Å²) in [4.78, 5) is 49.5. The summed E-state index contributed by atoms with van der Waals surface area (Å²) < 4.78 is 18.8. The molecule has 0 aromatic heterocycles. The van der Waals surface area contributed by atoms with Gasteiger partial charge in [0, 0.05) is 19.5 Å². The molecular formula is C24H26FN3O5S. The van der Waals surface area contributed by atoms with Gasteiger partial charge in [-0.1, -0.05) is 12.1 Å². The van der Waals surface area contributed by atoms with E-state index < -0.39 is 12.1 Å². The second-order valence-corrected chi connectivity index (χ2v) is 8.95. The molecule has 0 radical (unpaired) electrons. The molecule has 1 unspecified atom stereocenters. The van der Waals surface area contributed by atoms with Crippen LogP contribution in [-0.2, 0) is 19.1 Å². The van der Waals surface area contributed by atoms with Gasteiger partial charge in [-0.15, -0.1) is 11.8 Å². The summed E-state index contributed by atoms with van der Waals surface area (Å²) >= 11 is 1.45. The highest BCUT2D eigenvalue weighted by Crippen LogP contribution is 2.42. The number of hydrogen-bond donors (Lipinski definition) is 2. The molecule has 0 saturated carbocycles. The molecule has 1 heterocycles. The lowest BCUT2D eigenvalue weighted by atomic mass is 10.1. The molecule has 8 nitrogen and oxygen atoms in total. The number of anilines is 1. The Hall–Kier alpha value is -3.40. The van der Waals surface area contributed by atoms with Gasteiger partial charge in [0.25, 0.3) is 0 Å². The Balaban J connectivity index is 1.77. The van der Waals surface area contributed by atoms with Crippen molar-refractivity contribution in [2.45, 2.75) is 32.2 Å². The maximum atomic E-state index is 13.3. The first-order chi connectivity index (χ1) is 16.2. The van der Waals surface area contributed by atoms with Crippen molar-refractivity contribution in [3.8, 4) is 0 Å². The number of ether oxygens (including phenoxy) is 1. The summed E-state index contributed by atoms with van der Waals surface area (Å²) in [6, 6.07) is 10.9. The number of halogens is 1. The molecular weight excluding hydrogens is 461 g/mol. The summed E-state index contributed by atoms with van der Waals surface area (Å²) in [5, 5.41) is 4.85. The molecule has 10 heteroatoms. The zero-order valence-electron chi connectivity index (χ0n) is 19.1. The summed E-state index contributed by atoms with van der Waals surface area (Å²) in [6.07, 6.45) is -0.750. The van der Waals surface area contributed by atoms with E-state index in [2.05, 4.69) is 10.6 Å². The fourth-order valence-corrected chi connectivity index (χ4v) is 4.67. The fourth-order valence-electron chi connectivity index (χ4n) is 3.50. The number of amides is 3. The van der Waals surface area contributed by atoms with Crippen molar-refractivity contribution in [3.05, 3.63) is 65.0 Å². The Morgan fingerprint density at radius 2 is 1.71 bits per heavy atom. The van der Waals surface area contributed by atoms with E-state index in [1.165, 1.54) is 37.7 Å². The minimum Gasteiger partial charge on any atom is -0.455 e. The summed E-state index contributed by atoms with van der Waals surface area (Å²) in [6.45, 7) is 4.58. The number of benzene rings is 2. The molecule has 3 amide bonds. The predicted molar refractivity (Wildman–Crippen MR) is 127 cm³/mol. The Bertz CT molecular complexity index is 1070. The Morgan fingerprint density at radius 1 is 1.09 bits per heavy atom. The van der Waals surface area contributed by atoms with Gasteiger partial charge in [0.15, 0.2) is 0 Å². The molecule has 0 spiro atoms. The quantitative estimate of drug-likeness (QED) is 0.555. The number of aryl methyl sites for hydroxylation is 1. The third-order valence-corrected chi connectivity index (χ3v) is 6.36. The molecule has 3 rings (SSSR count). The van der Waals surface area contributed by atoms with E-state index in [-0.39, 0.29) is 47.6 Å². The second kappa shape index (κ2) is 11.1. The van der Waals surface area contributed by atoms with Gasteiger partial charge in [-0.25, -0.2) is 9.18 Å². The minimum absolute atomic E-state index is 0.0528. The molecule has 2 aromatic carbocycles. The van der Waals surface area contributed by atoms with Crippen LogP contribution in [0.3, 0.4) is 0 Å². The van der Waals surface area contributed by atoms with E-state index in [9.17, 15) is 23.6 Å². The molecule has 1 saturated heterocycles. The number of rotatable bonds is 8. The fraction of sp³-hybridized carbons (Fsp3) is 0.333. The van der Waals surface area contributed by atoms with Gasteiger partial charge < -0.3 is 15.4 Å². The molecule has 1 aliphatic rings. The maximum absolute atomic E-state index is 13.3. The highest BCUT2D eigenvalue weighted by atomic mass is 32.2. The largest absolute Gasteiger partial charge is 0.455 e. The van der Waals surface area contributed by atoms with Crippen LogP contribution in [0.1, 0.15) is 40.7 Å². The SMILES string of the molecule is CC(=O)NCC(CNC(C)=O)OC(=O)c1ccc(N2C(=O)CSC2c2ccc(F)cc2)c(C)c1. The molecule has 1 fully saturated rings. The van der Waals surface area contributed by atoms with Crippen LogP contribution in [0, 0.1) is 12.7 Å². The van der Waals surface area contributed by atoms with Gasteiger partial charge in [-0.2, -0.15) is 0 Å². The van der Waals surface area contributed by atoms with Gasteiger partial charge in [-0.05, 0) is 48.4 Å². The van der Waals surface area contributed by atoms with E-state index in [4.69, 9.17) is 4.74 Å². The van der Waals surface area contributed by atoms with E-state index in [0.717, 1.165) is 5.56 Å². The average Bonchev–Trinajstić information content (AvgIpc) is 3.16. The Labute approximate surface area is 201 Å².